The molecule has 1 amide bonds. The van der Waals surface area contributed by atoms with Crippen molar-refractivity contribution >= 4 is 17.5 Å². The molecule has 0 bridgehead atoms. The number of methoxy groups -OCH3 is 1. The van der Waals surface area contributed by atoms with Crippen molar-refractivity contribution in [2.24, 2.45) is 0 Å². The Balaban J connectivity index is 2.10. The first-order chi connectivity index (χ1) is 11.0. The Kier molecular flexibility index (Phi) is 5.90. The summed E-state index contributed by atoms with van der Waals surface area (Å²) in [4.78, 5) is 24.0. The Hall–Kier alpha value is -2.18. The third-order valence-electron chi connectivity index (χ3n) is 3.32. The lowest BCUT2D eigenvalue weighted by molar-refractivity contribution is 0.0931. The van der Waals surface area contributed by atoms with Crippen molar-refractivity contribution in [2.75, 3.05) is 13.7 Å². The average molecular weight is 336 g/mol. The lowest BCUT2D eigenvalue weighted by Gasteiger charge is -2.14. The molecule has 0 saturated heterocycles. The minimum Gasteiger partial charge on any atom is -0.383 e. The Morgan fingerprint density at radius 1 is 1.30 bits per heavy atom. The molecular weight excluding hydrogens is 318 g/mol. The topological polar surface area (TPSA) is 73.2 Å². The minimum atomic E-state index is -0.349. The monoisotopic (exact) mass is 335 g/mol. The van der Waals surface area contributed by atoms with E-state index in [1.54, 1.807) is 12.1 Å². The van der Waals surface area contributed by atoms with Gasteiger partial charge in [-0.05, 0) is 30.7 Å². The molecule has 0 saturated carbocycles. The molecule has 1 N–H and O–H groups in total. The largest absolute Gasteiger partial charge is 0.383 e. The Morgan fingerprint density at radius 3 is 2.65 bits per heavy atom. The van der Waals surface area contributed by atoms with Crippen LogP contribution < -0.4 is 10.9 Å². The zero-order valence-corrected chi connectivity index (χ0v) is 13.7. The lowest BCUT2D eigenvalue weighted by atomic mass is 10.1. The second-order valence-electron chi connectivity index (χ2n) is 5.02. The summed E-state index contributed by atoms with van der Waals surface area (Å²) in [7, 11) is 1.54. The van der Waals surface area contributed by atoms with Crippen LogP contribution in [0.25, 0.3) is 0 Å². The number of hydrogen-bond donors (Lipinski definition) is 1. The van der Waals surface area contributed by atoms with Crippen molar-refractivity contribution < 1.29 is 9.53 Å². The molecule has 2 rings (SSSR count). The van der Waals surface area contributed by atoms with Crippen LogP contribution in [0, 0.1) is 0 Å². The van der Waals surface area contributed by atoms with Gasteiger partial charge in [0.1, 0.15) is 5.69 Å². The summed E-state index contributed by atoms with van der Waals surface area (Å²) < 4.78 is 6.14. The molecule has 2 aromatic rings. The van der Waals surface area contributed by atoms with Crippen LogP contribution in [0.15, 0.2) is 41.2 Å². The molecule has 0 aliphatic rings. The van der Waals surface area contributed by atoms with E-state index in [0.29, 0.717) is 18.2 Å². The Morgan fingerprint density at radius 2 is 2.00 bits per heavy atom. The van der Waals surface area contributed by atoms with E-state index in [9.17, 15) is 9.59 Å². The first-order valence-electron chi connectivity index (χ1n) is 7.14. The van der Waals surface area contributed by atoms with E-state index in [2.05, 4.69) is 10.4 Å². The van der Waals surface area contributed by atoms with Gasteiger partial charge in [0, 0.05) is 18.2 Å². The number of amides is 1. The van der Waals surface area contributed by atoms with Crippen LogP contribution in [0.3, 0.4) is 0 Å². The van der Waals surface area contributed by atoms with E-state index in [1.807, 2.05) is 19.1 Å². The molecule has 1 heterocycles. The molecule has 23 heavy (non-hydrogen) atoms. The smallest absolute Gasteiger partial charge is 0.272 e. The predicted molar refractivity (Wildman–Crippen MR) is 87.7 cm³/mol. The SMILES string of the molecule is COCCn1nc(C(=O)NC(C)c2ccc(Cl)cc2)ccc1=O. The van der Waals surface area contributed by atoms with Crippen molar-refractivity contribution in [3.8, 4) is 0 Å². The zero-order valence-electron chi connectivity index (χ0n) is 13.0. The molecule has 1 aromatic heterocycles. The first kappa shape index (κ1) is 17.2. The summed E-state index contributed by atoms with van der Waals surface area (Å²) in [6.07, 6.45) is 0. The van der Waals surface area contributed by atoms with Crippen LogP contribution in [0.5, 0.6) is 0 Å². The van der Waals surface area contributed by atoms with Gasteiger partial charge in [-0.3, -0.25) is 9.59 Å². The van der Waals surface area contributed by atoms with Crippen molar-refractivity contribution in [3.05, 3.63) is 63.0 Å². The second kappa shape index (κ2) is 7.89. The normalized spacial score (nSPS) is 12.0. The van der Waals surface area contributed by atoms with Gasteiger partial charge in [0.2, 0.25) is 0 Å². The van der Waals surface area contributed by atoms with Gasteiger partial charge in [-0.25, -0.2) is 4.68 Å². The number of nitrogens with zero attached hydrogens (tertiary/aromatic N) is 2. The van der Waals surface area contributed by atoms with Crippen LogP contribution in [-0.2, 0) is 11.3 Å². The molecule has 7 heteroatoms. The Bertz CT molecular complexity index is 728. The average Bonchev–Trinajstić information content (AvgIpc) is 2.54. The highest BCUT2D eigenvalue weighted by molar-refractivity contribution is 6.30. The van der Waals surface area contributed by atoms with Gasteiger partial charge in [0.05, 0.1) is 19.2 Å². The van der Waals surface area contributed by atoms with Crippen molar-refractivity contribution in [1.82, 2.24) is 15.1 Å². The van der Waals surface area contributed by atoms with Gasteiger partial charge in [0.25, 0.3) is 11.5 Å². The molecule has 0 aliphatic carbocycles. The number of rotatable bonds is 6. The number of ether oxygens (including phenoxy) is 1. The predicted octanol–water partition coefficient (Wildman–Crippen LogP) is 2.03. The Labute approximate surface area is 139 Å². The summed E-state index contributed by atoms with van der Waals surface area (Å²) in [6.45, 7) is 2.50. The number of carbonyl (C=O) groups is 1. The molecule has 0 radical (unpaired) electrons. The van der Waals surface area contributed by atoms with E-state index < -0.39 is 0 Å². The number of nitrogens with one attached hydrogen (secondary N) is 1. The van der Waals surface area contributed by atoms with Crippen molar-refractivity contribution in [2.45, 2.75) is 19.5 Å². The third kappa shape index (κ3) is 4.64. The maximum Gasteiger partial charge on any atom is 0.272 e. The number of hydrogen-bond acceptors (Lipinski definition) is 4. The molecule has 0 aliphatic heterocycles. The highest BCUT2D eigenvalue weighted by Gasteiger charge is 2.14. The molecule has 1 atom stereocenters. The molecule has 122 valence electrons. The second-order valence-corrected chi connectivity index (χ2v) is 5.46. The fourth-order valence-corrected chi connectivity index (χ4v) is 2.14. The van der Waals surface area contributed by atoms with E-state index >= 15 is 0 Å². The van der Waals surface area contributed by atoms with Gasteiger partial charge in [-0.1, -0.05) is 23.7 Å². The quantitative estimate of drug-likeness (QED) is 0.876. The fourth-order valence-electron chi connectivity index (χ4n) is 2.01. The van der Waals surface area contributed by atoms with Crippen molar-refractivity contribution in [1.29, 1.82) is 0 Å². The van der Waals surface area contributed by atoms with Crippen LogP contribution in [0.1, 0.15) is 29.0 Å². The highest BCUT2D eigenvalue weighted by Crippen LogP contribution is 2.16. The molecule has 0 spiro atoms. The molecule has 1 aromatic carbocycles. The van der Waals surface area contributed by atoms with E-state index in [0.717, 1.165) is 5.56 Å². The number of benzene rings is 1. The van der Waals surface area contributed by atoms with Gasteiger partial charge in [-0.2, -0.15) is 5.10 Å². The van der Waals surface area contributed by atoms with Crippen LogP contribution in [-0.4, -0.2) is 29.4 Å². The lowest BCUT2D eigenvalue weighted by Crippen LogP contribution is -2.31. The third-order valence-corrected chi connectivity index (χ3v) is 3.58. The van der Waals surface area contributed by atoms with Gasteiger partial charge in [-0.15, -0.1) is 0 Å². The molecule has 1 unspecified atom stereocenters. The van der Waals surface area contributed by atoms with E-state index in [4.69, 9.17) is 16.3 Å². The summed E-state index contributed by atoms with van der Waals surface area (Å²) in [5.74, 6) is -0.349. The number of aromatic nitrogens is 2. The van der Waals surface area contributed by atoms with E-state index in [-0.39, 0.29) is 23.2 Å². The highest BCUT2D eigenvalue weighted by atomic mass is 35.5. The van der Waals surface area contributed by atoms with Gasteiger partial charge < -0.3 is 10.1 Å². The van der Waals surface area contributed by atoms with Crippen LogP contribution in [0.2, 0.25) is 5.02 Å². The standard InChI is InChI=1S/C16H18ClN3O3/c1-11(12-3-5-13(17)6-4-12)18-16(22)14-7-8-15(21)20(19-14)9-10-23-2/h3-8,11H,9-10H2,1-2H3,(H,18,22). The fraction of sp³-hybridized carbons (Fsp3) is 0.312. The van der Waals surface area contributed by atoms with Crippen molar-refractivity contribution in [3.63, 3.8) is 0 Å². The summed E-state index contributed by atoms with van der Waals surface area (Å²) >= 11 is 5.85. The van der Waals surface area contributed by atoms with Gasteiger partial charge in [0.15, 0.2) is 0 Å². The zero-order chi connectivity index (χ0) is 16.8. The van der Waals surface area contributed by atoms with Crippen LogP contribution >= 0.6 is 11.6 Å². The molecule has 0 fully saturated rings. The van der Waals surface area contributed by atoms with Gasteiger partial charge >= 0.3 is 0 Å². The molecular formula is C16H18ClN3O3. The summed E-state index contributed by atoms with van der Waals surface area (Å²) in [5.41, 5.74) is 0.835. The maximum absolute atomic E-state index is 12.3. The maximum atomic E-state index is 12.3. The van der Waals surface area contributed by atoms with Crippen LogP contribution in [0.4, 0.5) is 0 Å². The summed E-state index contributed by atoms with van der Waals surface area (Å²) in [5, 5.41) is 7.54. The van der Waals surface area contributed by atoms with E-state index in [1.165, 1.54) is 23.9 Å². The summed E-state index contributed by atoms with van der Waals surface area (Å²) in [6, 6.07) is 9.76. The number of halogens is 1. The minimum absolute atomic E-state index is 0.182. The number of carbonyl (C=O) groups excluding carboxylic acids is 1. The first-order valence-corrected chi connectivity index (χ1v) is 7.52. The molecule has 6 nitrogen and oxygen atoms in total.